The molecule has 1 aliphatic rings. The lowest BCUT2D eigenvalue weighted by Gasteiger charge is -2.31. The minimum Gasteiger partial charge on any atom is -0.297 e. The highest BCUT2D eigenvalue weighted by Crippen LogP contribution is 2.38. The van der Waals surface area contributed by atoms with E-state index in [0.29, 0.717) is 18.7 Å². The molecule has 0 N–H and O–H groups in total. The molecule has 2 atom stereocenters. The van der Waals surface area contributed by atoms with Gasteiger partial charge in [-0.05, 0) is 38.5 Å². The first-order chi connectivity index (χ1) is 10.0. The van der Waals surface area contributed by atoms with E-state index in [1.807, 2.05) is 20.8 Å². The number of nitrogens with zero attached hydrogens (tertiary/aromatic N) is 2. The van der Waals surface area contributed by atoms with E-state index in [1.54, 1.807) is 0 Å². The van der Waals surface area contributed by atoms with Crippen LogP contribution in [0.2, 0.25) is 0 Å². The Hall–Kier alpha value is -1.61. The maximum absolute atomic E-state index is 13.7. The van der Waals surface area contributed by atoms with Gasteiger partial charge in [-0.2, -0.15) is 18.4 Å². The fraction of sp³-hybridized carbons (Fsp3) is 0.562. The van der Waals surface area contributed by atoms with Crippen LogP contribution in [0.5, 0.6) is 0 Å². The predicted octanol–water partition coefficient (Wildman–Crippen LogP) is 4.18. The van der Waals surface area contributed by atoms with E-state index in [4.69, 9.17) is 0 Å². The van der Waals surface area contributed by atoms with E-state index < -0.39 is 17.6 Å². The van der Waals surface area contributed by atoms with Gasteiger partial charge in [-0.1, -0.05) is 6.07 Å². The van der Waals surface area contributed by atoms with Crippen molar-refractivity contribution in [2.45, 2.75) is 38.4 Å². The number of hydrogen-bond donors (Lipinski definition) is 0. The summed E-state index contributed by atoms with van der Waals surface area (Å²) in [6.45, 7) is 7.10. The molecular formula is C16H18F4N2. The van der Waals surface area contributed by atoms with Crippen LogP contribution in [0, 0.1) is 23.1 Å². The number of likely N-dealkylation sites (tertiary alicyclic amines) is 1. The van der Waals surface area contributed by atoms with E-state index in [1.165, 1.54) is 6.07 Å². The van der Waals surface area contributed by atoms with Crippen LogP contribution < -0.4 is 0 Å². The summed E-state index contributed by atoms with van der Waals surface area (Å²) in [6, 6.07) is 5.16. The lowest BCUT2D eigenvalue weighted by molar-refractivity contribution is -0.140. The number of halogens is 4. The van der Waals surface area contributed by atoms with Crippen molar-refractivity contribution in [3.8, 4) is 6.07 Å². The van der Waals surface area contributed by atoms with E-state index in [-0.39, 0.29) is 17.4 Å². The first kappa shape index (κ1) is 16.8. The predicted molar refractivity (Wildman–Crippen MR) is 74.6 cm³/mol. The van der Waals surface area contributed by atoms with Gasteiger partial charge in [0.1, 0.15) is 5.82 Å². The second-order valence-corrected chi connectivity index (χ2v) is 6.65. The van der Waals surface area contributed by atoms with E-state index in [0.717, 1.165) is 12.1 Å². The molecule has 120 valence electrons. The summed E-state index contributed by atoms with van der Waals surface area (Å²) in [4.78, 5) is 2.10. The number of benzene rings is 1. The van der Waals surface area contributed by atoms with Crippen molar-refractivity contribution in [1.29, 1.82) is 5.26 Å². The normalized spacial score (nSPS) is 23.5. The molecule has 0 saturated carbocycles. The SMILES string of the molecule is CC(C)(C)N1C[C@H](c2ccc(C(F)(F)F)c(F)c2)[C@@H](C#N)C1. The highest BCUT2D eigenvalue weighted by molar-refractivity contribution is 5.31. The molecule has 1 heterocycles. The quantitative estimate of drug-likeness (QED) is 0.727. The highest BCUT2D eigenvalue weighted by Gasteiger charge is 2.40. The molecule has 0 aromatic heterocycles. The topological polar surface area (TPSA) is 27.0 Å². The second-order valence-electron chi connectivity index (χ2n) is 6.65. The monoisotopic (exact) mass is 314 g/mol. The standard InChI is InChI=1S/C16H18F4N2/c1-15(2,3)22-8-11(7-21)12(9-22)10-4-5-13(14(17)6-10)16(18,19)20/h4-6,11-12H,8-9H2,1-3H3/t11-,12+/m0/s1. The third-order valence-electron chi connectivity index (χ3n) is 4.16. The Balaban J connectivity index is 2.32. The van der Waals surface area contributed by atoms with Gasteiger partial charge in [0.2, 0.25) is 0 Å². The van der Waals surface area contributed by atoms with Crippen molar-refractivity contribution in [2.24, 2.45) is 5.92 Å². The largest absolute Gasteiger partial charge is 0.419 e. The first-order valence-corrected chi connectivity index (χ1v) is 7.05. The molecule has 0 spiro atoms. The van der Waals surface area contributed by atoms with Crippen molar-refractivity contribution in [2.75, 3.05) is 13.1 Å². The molecule has 0 aliphatic carbocycles. The zero-order valence-electron chi connectivity index (χ0n) is 12.7. The van der Waals surface area contributed by atoms with Crippen molar-refractivity contribution in [3.05, 3.63) is 35.1 Å². The zero-order valence-corrected chi connectivity index (χ0v) is 12.7. The average molecular weight is 314 g/mol. The molecular weight excluding hydrogens is 296 g/mol. The summed E-state index contributed by atoms with van der Waals surface area (Å²) in [7, 11) is 0. The lowest BCUT2D eigenvalue weighted by atomic mass is 9.89. The van der Waals surface area contributed by atoms with Crippen molar-refractivity contribution in [1.82, 2.24) is 4.90 Å². The molecule has 22 heavy (non-hydrogen) atoms. The molecule has 6 heteroatoms. The van der Waals surface area contributed by atoms with Gasteiger partial charge in [0, 0.05) is 24.5 Å². The van der Waals surface area contributed by atoms with Gasteiger partial charge in [0.25, 0.3) is 0 Å². The van der Waals surface area contributed by atoms with Crippen LogP contribution >= 0.6 is 0 Å². The maximum atomic E-state index is 13.7. The molecule has 1 saturated heterocycles. The number of rotatable bonds is 1. The van der Waals surface area contributed by atoms with Gasteiger partial charge >= 0.3 is 6.18 Å². The molecule has 2 rings (SSSR count). The smallest absolute Gasteiger partial charge is 0.297 e. The van der Waals surface area contributed by atoms with Gasteiger partial charge in [-0.25, -0.2) is 4.39 Å². The first-order valence-electron chi connectivity index (χ1n) is 7.05. The Bertz CT molecular complexity index is 596. The van der Waals surface area contributed by atoms with Crippen molar-refractivity contribution >= 4 is 0 Å². The van der Waals surface area contributed by atoms with E-state index in [9.17, 15) is 22.8 Å². The summed E-state index contributed by atoms with van der Waals surface area (Å²) in [6.07, 6.45) is -4.70. The van der Waals surface area contributed by atoms with Crippen LogP contribution in [0.15, 0.2) is 18.2 Å². The fourth-order valence-electron chi connectivity index (χ4n) is 2.81. The van der Waals surface area contributed by atoms with Crippen LogP contribution in [-0.2, 0) is 6.18 Å². The summed E-state index contributed by atoms with van der Waals surface area (Å²) in [5.41, 5.74) is -0.965. The Labute approximate surface area is 127 Å². The summed E-state index contributed by atoms with van der Waals surface area (Å²) in [5, 5.41) is 9.28. The molecule has 1 aliphatic heterocycles. The number of hydrogen-bond acceptors (Lipinski definition) is 2. The van der Waals surface area contributed by atoms with Crippen LogP contribution in [0.4, 0.5) is 17.6 Å². The van der Waals surface area contributed by atoms with Crippen LogP contribution in [-0.4, -0.2) is 23.5 Å². The summed E-state index contributed by atoms with van der Waals surface area (Å²) >= 11 is 0. The molecule has 1 aromatic rings. The van der Waals surface area contributed by atoms with Gasteiger partial charge < -0.3 is 0 Å². The van der Waals surface area contributed by atoms with Gasteiger partial charge in [0.05, 0.1) is 17.6 Å². The summed E-state index contributed by atoms with van der Waals surface area (Å²) < 4.78 is 51.6. The second kappa shape index (κ2) is 5.54. The number of alkyl halides is 3. The highest BCUT2D eigenvalue weighted by atomic mass is 19.4. The minimum atomic E-state index is -4.70. The Morgan fingerprint density at radius 2 is 1.82 bits per heavy atom. The molecule has 2 nitrogen and oxygen atoms in total. The molecule has 1 aromatic carbocycles. The molecule has 0 amide bonds. The van der Waals surface area contributed by atoms with Crippen LogP contribution in [0.3, 0.4) is 0 Å². The van der Waals surface area contributed by atoms with E-state index in [2.05, 4.69) is 11.0 Å². The van der Waals surface area contributed by atoms with Gasteiger partial charge in [0.15, 0.2) is 0 Å². The molecule has 0 unspecified atom stereocenters. The Kier molecular flexibility index (Phi) is 4.22. The van der Waals surface area contributed by atoms with Crippen molar-refractivity contribution in [3.63, 3.8) is 0 Å². The Morgan fingerprint density at radius 3 is 2.27 bits per heavy atom. The number of nitriles is 1. The summed E-state index contributed by atoms with van der Waals surface area (Å²) in [5.74, 6) is -1.91. The minimum absolute atomic E-state index is 0.145. The zero-order chi connectivity index (χ0) is 16.7. The van der Waals surface area contributed by atoms with Crippen molar-refractivity contribution < 1.29 is 17.6 Å². The van der Waals surface area contributed by atoms with Crippen LogP contribution in [0.25, 0.3) is 0 Å². The van der Waals surface area contributed by atoms with Gasteiger partial charge in [-0.15, -0.1) is 0 Å². The average Bonchev–Trinajstić information content (AvgIpc) is 2.80. The molecule has 0 radical (unpaired) electrons. The van der Waals surface area contributed by atoms with Crippen LogP contribution in [0.1, 0.15) is 37.8 Å². The maximum Gasteiger partial charge on any atom is 0.419 e. The molecule has 0 bridgehead atoms. The van der Waals surface area contributed by atoms with E-state index >= 15 is 0 Å². The third kappa shape index (κ3) is 3.25. The Morgan fingerprint density at radius 1 is 1.18 bits per heavy atom. The van der Waals surface area contributed by atoms with Gasteiger partial charge in [-0.3, -0.25) is 4.90 Å². The lowest BCUT2D eigenvalue weighted by Crippen LogP contribution is -2.39. The molecule has 1 fully saturated rings. The fourth-order valence-corrected chi connectivity index (χ4v) is 2.81. The third-order valence-corrected chi connectivity index (χ3v) is 4.16.